The van der Waals surface area contributed by atoms with E-state index in [4.69, 9.17) is 4.74 Å². The third-order valence-electron chi connectivity index (χ3n) is 5.20. The minimum absolute atomic E-state index is 0.0326. The van der Waals surface area contributed by atoms with Gasteiger partial charge >= 0.3 is 5.97 Å². The summed E-state index contributed by atoms with van der Waals surface area (Å²) in [4.78, 5) is 11.6. The smallest absolute Gasteiger partial charge is 0.313 e. The average Bonchev–Trinajstić information content (AvgIpc) is 2.59. The predicted octanol–water partition coefficient (Wildman–Crippen LogP) is 5.95. The number of unbranched alkanes of at least 4 members (excludes halogenated alkanes) is 8. The van der Waals surface area contributed by atoms with Crippen LogP contribution in [0, 0.1) is 5.92 Å². The Balaban J connectivity index is 2.05. The van der Waals surface area contributed by atoms with Crippen molar-refractivity contribution in [3.05, 3.63) is 12.2 Å². The largest absolute Gasteiger partial charge is 0.461 e. The van der Waals surface area contributed by atoms with Gasteiger partial charge in [-0.05, 0) is 32.1 Å². The summed E-state index contributed by atoms with van der Waals surface area (Å²) in [6.45, 7) is 4.43. The van der Waals surface area contributed by atoms with E-state index in [0.29, 0.717) is 6.42 Å². The summed E-state index contributed by atoms with van der Waals surface area (Å²) in [6, 6.07) is 0. The van der Waals surface area contributed by atoms with Crippen LogP contribution in [-0.4, -0.2) is 23.3 Å². The molecule has 1 N–H and O–H groups in total. The highest BCUT2D eigenvalue weighted by molar-refractivity contribution is 5.78. The van der Waals surface area contributed by atoms with E-state index >= 15 is 0 Å². The molecule has 3 atom stereocenters. The lowest BCUT2D eigenvalue weighted by atomic mass is 9.87. The Labute approximate surface area is 155 Å². The number of ether oxygens (including phenoxy) is 1. The van der Waals surface area contributed by atoms with Gasteiger partial charge in [0.2, 0.25) is 0 Å². The molecular weight excluding hydrogens is 312 g/mol. The Morgan fingerprint density at radius 1 is 0.960 bits per heavy atom. The molecule has 3 nitrogen and oxygen atoms in total. The Bertz CT molecular complexity index is 364. The number of cyclic esters (lactones) is 1. The van der Waals surface area contributed by atoms with E-state index in [9.17, 15) is 9.90 Å². The summed E-state index contributed by atoms with van der Waals surface area (Å²) >= 11 is 0. The van der Waals surface area contributed by atoms with Crippen LogP contribution in [0.2, 0.25) is 0 Å². The van der Waals surface area contributed by atoms with Crippen molar-refractivity contribution < 1.29 is 14.6 Å². The van der Waals surface area contributed by atoms with Gasteiger partial charge in [-0.1, -0.05) is 77.4 Å². The summed E-state index contributed by atoms with van der Waals surface area (Å²) in [7, 11) is 0. The molecular formula is C22H40O3. The molecule has 146 valence electrons. The molecule has 0 saturated carbocycles. The first kappa shape index (κ1) is 22.2. The van der Waals surface area contributed by atoms with Crippen LogP contribution in [-0.2, 0) is 9.53 Å². The quantitative estimate of drug-likeness (QED) is 0.212. The summed E-state index contributed by atoms with van der Waals surface area (Å²) < 4.78 is 5.25. The number of carbonyl (C=O) groups is 1. The van der Waals surface area contributed by atoms with E-state index in [0.717, 1.165) is 32.1 Å². The molecule has 0 radical (unpaired) electrons. The number of esters is 1. The van der Waals surface area contributed by atoms with Gasteiger partial charge in [0.15, 0.2) is 0 Å². The predicted molar refractivity (Wildman–Crippen MR) is 105 cm³/mol. The first-order valence-electron chi connectivity index (χ1n) is 10.7. The minimum atomic E-state index is -0.356. The monoisotopic (exact) mass is 352 g/mol. The summed E-state index contributed by atoms with van der Waals surface area (Å²) in [6.07, 6.45) is 19.7. The molecule has 3 heteroatoms. The average molecular weight is 353 g/mol. The third kappa shape index (κ3) is 10.0. The zero-order chi connectivity index (χ0) is 18.3. The van der Waals surface area contributed by atoms with Crippen LogP contribution in [0.3, 0.4) is 0 Å². The molecule has 1 rings (SSSR count). The topological polar surface area (TPSA) is 46.5 Å². The highest BCUT2D eigenvalue weighted by Gasteiger charge is 2.42. The van der Waals surface area contributed by atoms with Crippen molar-refractivity contribution in [3.63, 3.8) is 0 Å². The summed E-state index contributed by atoms with van der Waals surface area (Å²) in [5.74, 6) is -0.0261. The second-order valence-electron chi connectivity index (χ2n) is 7.57. The van der Waals surface area contributed by atoms with Gasteiger partial charge in [-0.25, -0.2) is 0 Å². The van der Waals surface area contributed by atoms with Crippen molar-refractivity contribution >= 4 is 5.97 Å². The molecule has 2 unspecified atom stereocenters. The van der Waals surface area contributed by atoms with Crippen LogP contribution in [0.1, 0.15) is 104 Å². The number of hydrogen-bond acceptors (Lipinski definition) is 3. The fourth-order valence-corrected chi connectivity index (χ4v) is 3.48. The van der Waals surface area contributed by atoms with Crippen LogP contribution in [0.4, 0.5) is 0 Å². The third-order valence-corrected chi connectivity index (χ3v) is 5.20. The molecule has 25 heavy (non-hydrogen) atoms. The van der Waals surface area contributed by atoms with Gasteiger partial charge in [-0.15, -0.1) is 0 Å². The molecule has 0 spiro atoms. The summed E-state index contributed by atoms with van der Waals surface area (Å²) in [5.41, 5.74) is 0. The van der Waals surface area contributed by atoms with Gasteiger partial charge in [0.05, 0.1) is 12.0 Å². The first-order valence-corrected chi connectivity index (χ1v) is 10.7. The Hall–Kier alpha value is -0.830. The zero-order valence-corrected chi connectivity index (χ0v) is 16.5. The highest BCUT2D eigenvalue weighted by atomic mass is 16.6. The molecule has 1 aliphatic heterocycles. The molecule has 1 aliphatic rings. The van der Waals surface area contributed by atoms with E-state index < -0.39 is 0 Å². The maximum absolute atomic E-state index is 11.6. The SMILES string of the molecule is CCCCCCC/C=C/CC[C@H](O)CC1OC(=O)C1CCCCCC. The lowest BCUT2D eigenvalue weighted by Crippen LogP contribution is -2.46. The number of allylic oxidation sites excluding steroid dienone is 2. The van der Waals surface area contributed by atoms with E-state index in [-0.39, 0.29) is 24.1 Å². The fourth-order valence-electron chi connectivity index (χ4n) is 3.48. The van der Waals surface area contributed by atoms with E-state index in [1.165, 1.54) is 51.4 Å². The molecule has 0 aromatic rings. The van der Waals surface area contributed by atoms with Gasteiger partial charge in [0.1, 0.15) is 6.10 Å². The van der Waals surface area contributed by atoms with Gasteiger partial charge in [0, 0.05) is 6.42 Å². The van der Waals surface area contributed by atoms with Crippen molar-refractivity contribution in [2.45, 2.75) is 116 Å². The van der Waals surface area contributed by atoms with Crippen molar-refractivity contribution in [2.75, 3.05) is 0 Å². The lowest BCUT2D eigenvalue weighted by Gasteiger charge is -2.36. The number of aliphatic hydroxyl groups excluding tert-OH is 1. The zero-order valence-electron chi connectivity index (χ0n) is 16.5. The molecule has 0 aliphatic carbocycles. The standard InChI is InChI=1S/C22H40O3/c1-3-5-7-9-10-11-12-13-14-16-19(23)18-21-20(22(24)25-21)17-15-8-6-4-2/h12-13,19-21,23H,3-11,14-18H2,1-2H3/b13-12+/t19-,20?,21?/m0/s1. The van der Waals surface area contributed by atoms with Crippen molar-refractivity contribution in [2.24, 2.45) is 5.92 Å². The number of rotatable bonds is 16. The molecule has 0 bridgehead atoms. The van der Waals surface area contributed by atoms with E-state index in [2.05, 4.69) is 26.0 Å². The van der Waals surface area contributed by atoms with Gasteiger partial charge < -0.3 is 9.84 Å². The van der Waals surface area contributed by atoms with Crippen molar-refractivity contribution in [1.82, 2.24) is 0 Å². The number of carbonyl (C=O) groups excluding carboxylic acids is 1. The molecule has 0 amide bonds. The van der Waals surface area contributed by atoms with Crippen LogP contribution < -0.4 is 0 Å². The first-order chi connectivity index (χ1) is 12.2. The Kier molecular flexibility index (Phi) is 12.8. The van der Waals surface area contributed by atoms with E-state index in [1.54, 1.807) is 0 Å². The maximum atomic E-state index is 11.6. The maximum Gasteiger partial charge on any atom is 0.313 e. The van der Waals surface area contributed by atoms with Gasteiger partial charge in [-0.2, -0.15) is 0 Å². The molecule has 1 fully saturated rings. The van der Waals surface area contributed by atoms with E-state index in [1.807, 2.05) is 0 Å². The van der Waals surface area contributed by atoms with Crippen LogP contribution in [0.25, 0.3) is 0 Å². The van der Waals surface area contributed by atoms with Crippen molar-refractivity contribution in [1.29, 1.82) is 0 Å². The second-order valence-corrected chi connectivity index (χ2v) is 7.57. The minimum Gasteiger partial charge on any atom is -0.461 e. The van der Waals surface area contributed by atoms with Crippen LogP contribution in [0.5, 0.6) is 0 Å². The lowest BCUT2D eigenvalue weighted by molar-refractivity contribution is -0.188. The molecule has 0 aromatic heterocycles. The van der Waals surface area contributed by atoms with Crippen LogP contribution >= 0.6 is 0 Å². The Morgan fingerprint density at radius 3 is 2.28 bits per heavy atom. The summed E-state index contributed by atoms with van der Waals surface area (Å²) in [5, 5.41) is 10.2. The fraction of sp³-hybridized carbons (Fsp3) is 0.864. The normalized spacial score (nSPS) is 21.3. The second kappa shape index (κ2) is 14.4. The van der Waals surface area contributed by atoms with Gasteiger partial charge in [-0.3, -0.25) is 4.79 Å². The molecule has 1 heterocycles. The Morgan fingerprint density at radius 2 is 1.60 bits per heavy atom. The van der Waals surface area contributed by atoms with Gasteiger partial charge in [0.25, 0.3) is 0 Å². The number of hydrogen-bond donors (Lipinski definition) is 1. The highest BCUT2D eigenvalue weighted by Crippen LogP contribution is 2.31. The van der Waals surface area contributed by atoms with Crippen LogP contribution in [0.15, 0.2) is 12.2 Å². The number of aliphatic hydroxyl groups is 1. The molecule has 1 saturated heterocycles. The van der Waals surface area contributed by atoms with Crippen molar-refractivity contribution in [3.8, 4) is 0 Å². The molecule has 0 aromatic carbocycles.